The zero-order valence-electron chi connectivity index (χ0n) is 16.3. The van der Waals surface area contributed by atoms with E-state index in [0.29, 0.717) is 24.8 Å². The third-order valence-corrected chi connectivity index (χ3v) is 4.50. The van der Waals surface area contributed by atoms with Gasteiger partial charge in [-0.05, 0) is 68.8 Å². The predicted octanol–water partition coefficient (Wildman–Crippen LogP) is 4.53. The van der Waals surface area contributed by atoms with Gasteiger partial charge in [0.1, 0.15) is 5.75 Å². The summed E-state index contributed by atoms with van der Waals surface area (Å²) in [5, 5.41) is 2.89. The number of carbonyl (C=O) groups is 2. The molecule has 0 heterocycles. The monoisotopic (exact) mass is 368 g/mol. The van der Waals surface area contributed by atoms with Gasteiger partial charge in [-0.2, -0.15) is 0 Å². The number of rotatable bonds is 10. The lowest BCUT2D eigenvalue weighted by Crippen LogP contribution is -2.21. The lowest BCUT2D eigenvalue weighted by atomic mass is 10.1. The maximum Gasteiger partial charge on any atom is 0.224 e. The second-order valence-electron chi connectivity index (χ2n) is 6.27. The van der Waals surface area contributed by atoms with Crippen molar-refractivity contribution >= 4 is 23.1 Å². The van der Waals surface area contributed by atoms with E-state index < -0.39 is 0 Å². The lowest BCUT2D eigenvalue weighted by Gasteiger charge is -2.21. The first-order chi connectivity index (χ1) is 13.1. The van der Waals surface area contributed by atoms with Crippen molar-refractivity contribution in [3.05, 3.63) is 54.1 Å². The highest BCUT2D eigenvalue weighted by atomic mass is 16.5. The summed E-state index contributed by atoms with van der Waals surface area (Å²) in [5.41, 5.74) is 2.56. The van der Waals surface area contributed by atoms with Crippen molar-refractivity contribution < 1.29 is 14.3 Å². The minimum atomic E-state index is -0.0758. The Morgan fingerprint density at radius 2 is 1.56 bits per heavy atom. The van der Waals surface area contributed by atoms with Crippen molar-refractivity contribution in [3.8, 4) is 5.75 Å². The fourth-order valence-corrected chi connectivity index (χ4v) is 2.90. The summed E-state index contributed by atoms with van der Waals surface area (Å²) in [4.78, 5) is 26.5. The van der Waals surface area contributed by atoms with Crippen LogP contribution in [0.1, 0.15) is 43.5 Å². The molecule has 1 amide bonds. The molecular weight excluding hydrogens is 340 g/mol. The normalized spacial score (nSPS) is 10.3. The molecule has 0 saturated heterocycles. The van der Waals surface area contributed by atoms with Crippen LogP contribution < -0.4 is 15.0 Å². The van der Waals surface area contributed by atoms with Crippen molar-refractivity contribution in [2.24, 2.45) is 0 Å². The second-order valence-corrected chi connectivity index (χ2v) is 6.27. The van der Waals surface area contributed by atoms with Crippen molar-refractivity contribution in [1.82, 2.24) is 0 Å². The molecule has 0 aliphatic heterocycles. The molecule has 5 nitrogen and oxygen atoms in total. The molecule has 0 aliphatic carbocycles. The summed E-state index contributed by atoms with van der Waals surface area (Å²) in [6, 6.07) is 14.9. The topological polar surface area (TPSA) is 58.6 Å². The largest absolute Gasteiger partial charge is 0.497 e. The number of carbonyl (C=O) groups excluding carboxylic acids is 2. The first kappa shape index (κ1) is 20.5. The Bertz CT molecular complexity index is 735. The number of hydrogen-bond acceptors (Lipinski definition) is 4. The average Bonchev–Trinajstić information content (AvgIpc) is 2.70. The van der Waals surface area contributed by atoms with Crippen LogP contribution in [0, 0.1) is 0 Å². The molecule has 1 N–H and O–H groups in total. The molecule has 2 aromatic rings. The fourth-order valence-electron chi connectivity index (χ4n) is 2.90. The second kappa shape index (κ2) is 10.4. The minimum absolute atomic E-state index is 0.0361. The van der Waals surface area contributed by atoms with Gasteiger partial charge in [-0.15, -0.1) is 0 Å². The summed E-state index contributed by atoms with van der Waals surface area (Å²) in [6.45, 7) is 6.13. The lowest BCUT2D eigenvalue weighted by molar-refractivity contribution is -0.116. The zero-order chi connectivity index (χ0) is 19.6. The van der Waals surface area contributed by atoms with Crippen LogP contribution in [0.25, 0.3) is 0 Å². The Morgan fingerprint density at radius 1 is 0.926 bits per heavy atom. The number of amides is 1. The van der Waals surface area contributed by atoms with Gasteiger partial charge in [0.2, 0.25) is 5.91 Å². The van der Waals surface area contributed by atoms with Crippen LogP contribution in [0.4, 0.5) is 11.4 Å². The number of Topliss-reactive ketones (excluding diaryl/α,β-unsaturated/α-hetero) is 1. The number of ketones is 1. The molecule has 27 heavy (non-hydrogen) atoms. The Labute approximate surface area is 161 Å². The van der Waals surface area contributed by atoms with Gasteiger partial charge in [-0.3, -0.25) is 9.59 Å². The maximum atomic E-state index is 12.2. The molecule has 0 unspecified atom stereocenters. The number of ether oxygens (including phenoxy) is 1. The smallest absolute Gasteiger partial charge is 0.224 e. The number of hydrogen-bond donors (Lipinski definition) is 1. The molecule has 0 saturated carbocycles. The van der Waals surface area contributed by atoms with E-state index in [1.807, 2.05) is 24.3 Å². The third-order valence-electron chi connectivity index (χ3n) is 4.50. The molecule has 0 aliphatic rings. The molecular formula is C22H28N2O3. The summed E-state index contributed by atoms with van der Waals surface area (Å²) in [7, 11) is 1.59. The highest BCUT2D eigenvalue weighted by Gasteiger charge is 2.09. The van der Waals surface area contributed by atoms with Crippen molar-refractivity contribution in [2.45, 2.75) is 33.1 Å². The van der Waals surface area contributed by atoms with Gasteiger partial charge >= 0.3 is 0 Å². The van der Waals surface area contributed by atoms with Crippen LogP contribution in [0.2, 0.25) is 0 Å². The van der Waals surface area contributed by atoms with Crippen LogP contribution >= 0.6 is 0 Å². The number of nitrogens with one attached hydrogen (secondary N) is 1. The summed E-state index contributed by atoms with van der Waals surface area (Å²) < 4.78 is 5.08. The van der Waals surface area contributed by atoms with E-state index in [0.717, 1.165) is 30.2 Å². The minimum Gasteiger partial charge on any atom is -0.497 e. The fraction of sp³-hybridized carbons (Fsp3) is 0.364. The van der Waals surface area contributed by atoms with Crippen LogP contribution in [-0.2, 0) is 4.79 Å². The summed E-state index contributed by atoms with van der Waals surface area (Å²) >= 11 is 0. The van der Waals surface area contributed by atoms with Gasteiger partial charge in [0.15, 0.2) is 5.78 Å². The highest BCUT2D eigenvalue weighted by molar-refractivity contribution is 5.97. The molecule has 0 aromatic heterocycles. The summed E-state index contributed by atoms with van der Waals surface area (Å²) in [5.74, 6) is 0.681. The Morgan fingerprint density at radius 3 is 2.11 bits per heavy atom. The molecule has 2 aromatic carbocycles. The highest BCUT2D eigenvalue weighted by Crippen LogP contribution is 2.18. The molecule has 0 spiro atoms. The van der Waals surface area contributed by atoms with E-state index in [-0.39, 0.29) is 11.7 Å². The maximum absolute atomic E-state index is 12.2. The SMILES string of the molecule is CCN(CC)c1ccc(NC(=O)CCCC(=O)c2ccc(OC)cc2)cc1. The van der Waals surface area contributed by atoms with Crippen LogP contribution in [-0.4, -0.2) is 31.9 Å². The number of nitrogens with zero attached hydrogens (tertiary/aromatic N) is 1. The molecule has 144 valence electrons. The number of anilines is 2. The first-order valence-electron chi connectivity index (χ1n) is 9.39. The number of methoxy groups -OCH3 is 1. The average molecular weight is 368 g/mol. The van der Waals surface area contributed by atoms with Crippen LogP contribution in [0.3, 0.4) is 0 Å². The molecule has 0 fully saturated rings. The van der Waals surface area contributed by atoms with Gasteiger partial charge < -0.3 is 15.0 Å². The summed E-state index contributed by atoms with van der Waals surface area (Å²) in [6.07, 6.45) is 1.19. The van der Waals surface area contributed by atoms with E-state index in [9.17, 15) is 9.59 Å². The first-order valence-corrected chi connectivity index (χ1v) is 9.39. The van der Waals surface area contributed by atoms with Gasteiger partial charge in [0.05, 0.1) is 7.11 Å². The standard InChI is InChI=1S/C22H28N2O3/c1-4-24(5-2)19-13-11-18(12-14-19)23-22(26)8-6-7-21(25)17-9-15-20(27-3)16-10-17/h9-16H,4-8H2,1-3H3,(H,23,26). The van der Waals surface area contributed by atoms with Crippen LogP contribution in [0.5, 0.6) is 5.75 Å². The predicted molar refractivity (Wildman–Crippen MR) is 110 cm³/mol. The van der Waals surface area contributed by atoms with Gasteiger partial charge in [-0.1, -0.05) is 0 Å². The van der Waals surface area contributed by atoms with E-state index >= 15 is 0 Å². The van der Waals surface area contributed by atoms with E-state index in [4.69, 9.17) is 4.74 Å². The van der Waals surface area contributed by atoms with E-state index in [2.05, 4.69) is 24.1 Å². The Balaban J connectivity index is 1.77. The van der Waals surface area contributed by atoms with Crippen molar-refractivity contribution in [3.63, 3.8) is 0 Å². The Hall–Kier alpha value is -2.82. The van der Waals surface area contributed by atoms with Crippen LogP contribution in [0.15, 0.2) is 48.5 Å². The number of benzene rings is 2. The van der Waals surface area contributed by atoms with Gasteiger partial charge in [0.25, 0.3) is 0 Å². The Kier molecular flexibility index (Phi) is 7.86. The van der Waals surface area contributed by atoms with E-state index in [1.165, 1.54) is 0 Å². The molecule has 2 rings (SSSR count). The van der Waals surface area contributed by atoms with Crippen molar-refractivity contribution in [2.75, 3.05) is 30.4 Å². The van der Waals surface area contributed by atoms with E-state index in [1.54, 1.807) is 31.4 Å². The molecule has 0 radical (unpaired) electrons. The zero-order valence-corrected chi connectivity index (χ0v) is 16.3. The molecule has 5 heteroatoms. The van der Waals surface area contributed by atoms with Crippen molar-refractivity contribution in [1.29, 1.82) is 0 Å². The molecule has 0 bridgehead atoms. The third kappa shape index (κ3) is 6.13. The quantitative estimate of drug-likeness (QED) is 0.626. The van der Waals surface area contributed by atoms with Gasteiger partial charge in [0, 0.05) is 42.9 Å². The van der Waals surface area contributed by atoms with Gasteiger partial charge in [-0.25, -0.2) is 0 Å². The molecule has 0 atom stereocenters.